The van der Waals surface area contributed by atoms with Crippen LogP contribution in [0.4, 0.5) is 0 Å². The second-order valence-electron chi connectivity index (χ2n) is 18.5. The Hall–Kier alpha value is -1.15. The van der Waals surface area contributed by atoms with E-state index in [9.17, 15) is 25.2 Å². The minimum atomic E-state index is -1.32. The summed E-state index contributed by atoms with van der Waals surface area (Å²) >= 11 is 0. The fourth-order valence-electron chi connectivity index (χ4n) is 13.8. The Morgan fingerprint density at radius 1 is 0.958 bits per heavy atom. The van der Waals surface area contributed by atoms with Crippen LogP contribution in [-0.4, -0.2) is 99.7 Å². The van der Waals surface area contributed by atoms with Crippen molar-refractivity contribution in [3.8, 4) is 0 Å². The second kappa shape index (κ2) is 9.63. The van der Waals surface area contributed by atoms with Crippen molar-refractivity contribution in [2.24, 2.45) is 44.8 Å². The molecule has 3 spiro atoms. The van der Waals surface area contributed by atoms with Crippen LogP contribution >= 0.6 is 0 Å². The molecule has 1 unspecified atom stereocenters. The van der Waals surface area contributed by atoms with Gasteiger partial charge in [0, 0.05) is 29.6 Å². The smallest absolute Gasteiger partial charge is 0.302 e. The molecule has 9 aliphatic rings. The van der Waals surface area contributed by atoms with E-state index < -0.39 is 42.3 Å². The molecule has 0 aromatic heterocycles. The van der Waals surface area contributed by atoms with Crippen LogP contribution in [-0.2, 0) is 33.2 Å². The van der Waals surface area contributed by atoms with Crippen LogP contribution < -0.4 is 0 Å². The lowest BCUT2D eigenvalue weighted by Crippen LogP contribution is -2.61. The highest BCUT2D eigenvalue weighted by Crippen LogP contribution is 2.88. The van der Waals surface area contributed by atoms with E-state index in [-0.39, 0.29) is 75.9 Å². The minimum Gasteiger partial charge on any atom is -0.462 e. The molecule has 48 heavy (non-hydrogen) atoms. The molecule has 8 fully saturated rings. The minimum absolute atomic E-state index is 0.0364. The summed E-state index contributed by atoms with van der Waals surface area (Å²) < 4.78 is 37.8. The Morgan fingerprint density at radius 2 is 1.71 bits per heavy atom. The van der Waals surface area contributed by atoms with Crippen molar-refractivity contribution in [3.05, 3.63) is 11.6 Å². The van der Waals surface area contributed by atoms with Gasteiger partial charge in [0.2, 0.25) is 5.79 Å². The number of carbonyl (C=O) groups excluding carboxylic acids is 1. The average molecular weight is 675 g/mol. The maximum Gasteiger partial charge on any atom is 0.302 e. The maximum atomic E-state index is 12.9. The van der Waals surface area contributed by atoms with E-state index in [2.05, 4.69) is 40.7 Å². The second-order valence-corrected chi connectivity index (χ2v) is 18.5. The standard InChI is InChI=1S/C37H54O11/c1-17-12-37(29-34(7,47-29)30(42)48-37)46-20-13-32(5)22-9-8-21-31(3,4)23(45-28-27(41)26(40)19(39)15-43-28)10-11-35(21)16-36(22,35)14-24(44-18(2)38)33(32,6)25(17)20/h9,17,19-21,23-30,39-42H,8,10-16H2,1-7H3/t17-,19-,20+,21?,23+,24-,25+,26+,27-,28+,29-,30+,32+,33-,34+,35-,36+,37-/m1/s1. The summed E-state index contributed by atoms with van der Waals surface area (Å²) in [5.41, 5.74) is -0.191. The molecule has 9 rings (SSSR count). The third-order valence-corrected chi connectivity index (χ3v) is 16.1. The molecule has 4 N–H and O–H groups in total. The van der Waals surface area contributed by atoms with Gasteiger partial charge in [-0.25, -0.2) is 0 Å². The first-order valence-corrected chi connectivity index (χ1v) is 18.3. The van der Waals surface area contributed by atoms with Gasteiger partial charge in [-0.2, -0.15) is 0 Å². The normalized spacial score (nSPS) is 61.6. The molecule has 11 nitrogen and oxygen atoms in total. The molecule has 0 amide bonds. The Bertz CT molecular complexity index is 1450. The largest absolute Gasteiger partial charge is 0.462 e. The molecule has 4 aliphatic heterocycles. The number of allylic oxidation sites excluding steroid dienone is 2. The lowest BCUT2D eigenvalue weighted by molar-refractivity contribution is -0.345. The van der Waals surface area contributed by atoms with Crippen LogP contribution in [0.5, 0.6) is 0 Å². The lowest BCUT2D eigenvalue weighted by Gasteiger charge is -2.62. The Kier molecular flexibility index (Phi) is 6.57. The summed E-state index contributed by atoms with van der Waals surface area (Å²) in [6.07, 6.45) is 1.68. The summed E-state index contributed by atoms with van der Waals surface area (Å²) in [4.78, 5) is 12.9. The quantitative estimate of drug-likeness (QED) is 0.198. The summed E-state index contributed by atoms with van der Waals surface area (Å²) in [5, 5.41) is 41.7. The van der Waals surface area contributed by atoms with E-state index >= 15 is 0 Å². The van der Waals surface area contributed by atoms with Gasteiger partial charge in [-0.1, -0.05) is 46.3 Å². The van der Waals surface area contributed by atoms with Gasteiger partial charge in [-0.15, -0.1) is 0 Å². The zero-order chi connectivity index (χ0) is 34.2. The monoisotopic (exact) mass is 674 g/mol. The Morgan fingerprint density at radius 3 is 2.38 bits per heavy atom. The van der Waals surface area contributed by atoms with Crippen molar-refractivity contribution in [2.45, 2.75) is 160 Å². The first-order valence-electron chi connectivity index (χ1n) is 18.3. The van der Waals surface area contributed by atoms with E-state index in [1.165, 1.54) is 12.5 Å². The molecule has 0 bridgehead atoms. The maximum absolute atomic E-state index is 12.9. The average Bonchev–Trinajstić information content (AvgIpc) is 3.84. The predicted molar refractivity (Wildman–Crippen MR) is 168 cm³/mol. The number of hydrogen-bond acceptors (Lipinski definition) is 11. The van der Waals surface area contributed by atoms with Gasteiger partial charge in [-0.3, -0.25) is 4.79 Å². The molecule has 5 aliphatic carbocycles. The van der Waals surface area contributed by atoms with Gasteiger partial charge in [-0.05, 0) is 74.0 Å². The fourth-order valence-corrected chi connectivity index (χ4v) is 13.8. The summed E-state index contributed by atoms with van der Waals surface area (Å²) in [6, 6.07) is 0. The lowest BCUT2D eigenvalue weighted by atomic mass is 9.44. The van der Waals surface area contributed by atoms with Crippen molar-refractivity contribution < 1.29 is 53.6 Å². The van der Waals surface area contributed by atoms with Crippen molar-refractivity contribution in [2.75, 3.05) is 6.61 Å². The third kappa shape index (κ3) is 3.69. The topological polar surface area (TPSA) is 157 Å². The molecule has 0 aromatic rings. The number of aliphatic hydroxyl groups excluding tert-OH is 4. The van der Waals surface area contributed by atoms with E-state index in [4.69, 9.17) is 28.4 Å². The van der Waals surface area contributed by atoms with E-state index in [0.29, 0.717) is 12.3 Å². The number of hydrogen-bond donors (Lipinski definition) is 4. The van der Waals surface area contributed by atoms with Crippen LogP contribution in [0.3, 0.4) is 0 Å². The summed E-state index contributed by atoms with van der Waals surface area (Å²) in [6.45, 7) is 14.9. The first kappa shape index (κ1) is 32.7. The van der Waals surface area contributed by atoms with Crippen molar-refractivity contribution >= 4 is 5.97 Å². The van der Waals surface area contributed by atoms with Gasteiger partial charge in [0.05, 0.1) is 18.8 Å². The fraction of sp³-hybridized carbons (Fsp3) is 0.919. The first-order chi connectivity index (χ1) is 22.4. The molecule has 0 radical (unpaired) electrons. The Balaban J connectivity index is 1.06. The molecular formula is C37H54O11. The number of esters is 1. The third-order valence-electron chi connectivity index (χ3n) is 16.1. The van der Waals surface area contributed by atoms with Crippen LogP contribution in [0.15, 0.2) is 11.6 Å². The zero-order valence-corrected chi connectivity index (χ0v) is 29.3. The number of ether oxygens (including phenoxy) is 6. The summed E-state index contributed by atoms with van der Waals surface area (Å²) in [5.74, 6) is -0.600. The molecule has 4 heterocycles. The molecular weight excluding hydrogens is 620 g/mol. The van der Waals surface area contributed by atoms with Crippen molar-refractivity contribution in [3.63, 3.8) is 0 Å². The van der Waals surface area contributed by atoms with E-state index in [0.717, 1.165) is 38.5 Å². The highest BCUT2D eigenvalue weighted by Gasteiger charge is 2.85. The van der Waals surface area contributed by atoms with Crippen LogP contribution in [0.2, 0.25) is 0 Å². The predicted octanol–water partition coefficient (Wildman–Crippen LogP) is 2.95. The Labute approximate surface area is 282 Å². The molecule has 4 saturated heterocycles. The van der Waals surface area contributed by atoms with Gasteiger partial charge in [0.15, 0.2) is 12.6 Å². The molecule has 18 atom stereocenters. The van der Waals surface area contributed by atoms with Gasteiger partial charge >= 0.3 is 5.97 Å². The molecule has 268 valence electrons. The van der Waals surface area contributed by atoms with E-state index in [1.54, 1.807) is 0 Å². The SMILES string of the molecule is CC(=O)O[C@@H]1C[C@@]23C[C@@]24CC[C@H](O[C@@H]2OC[C@@H](O)[C@H](O)[C@H]2O)C(C)(C)C4CC=C3[C@]2(C)C[C@@H]3O[C@]4(C[C@@H](C)[C@@H]3[C@@]12C)O[C@H](O)[C@@]1(C)O[C@@H]41. The zero-order valence-electron chi connectivity index (χ0n) is 29.3. The highest BCUT2D eigenvalue weighted by atomic mass is 16.8. The molecule has 4 saturated carbocycles. The number of rotatable bonds is 3. The van der Waals surface area contributed by atoms with Crippen molar-refractivity contribution in [1.29, 1.82) is 0 Å². The summed E-state index contributed by atoms with van der Waals surface area (Å²) in [7, 11) is 0. The van der Waals surface area contributed by atoms with Gasteiger partial charge in [0.1, 0.15) is 36.1 Å². The molecule has 11 heteroatoms. The number of aliphatic hydroxyl groups is 4. The van der Waals surface area contributed by atoms with Crippen LogP contribution in [0, 0.1) is 44.8 Å². The van der Waals surface area contributed by atoms with E-state index in [1.807, 2.05) is 6.92 Å². The van der Waals surface area contributed by atoms with Crippen LogP contribution in [0.1, 0.15) is 93.4 Å². The van der Waals surface area contributed by atoms with Gasteiger partial charge < -0.3 is 48.8 Å². The number of carbonyl (C=O) groups is 1. The highest BCUT2D eigenvalue weighted by molar-refractivity contribution is 5.66. The molecule has 0 aromatic carbocycles. The van der Waals surface area contributed by atoms with Crippen LogP contribution in [0.25, 0.3) is 0 Å². The van der Waals surface area contributed by atoms with Gasteiger partial charge in [0.25, 0.3) is 0 Å². The number of epoxide rings is 1. The van der Waals surface area contributed by atoms with Crippen molar-refractivity contribution in [1.82, 2.24) is 0 Å². The number of fused-ring (bicyclic) bond motifs is 6.